The molecule has 0 N–H and O–H groups in total. The highest BCUT2D eigenvalue weighted by molar-refractivity contribution is 14.1. The fourth-order valence-corrected chi connectivity index (χ4v) is 1.99. The Kier molecular flexibility index (Phi) is 3.27. The van der Waals surface area contributed by atoms with Gasteiger partial charge in [0.2, 0.25) is 0 Å². The van der Waals surface area contributed by atoms with E-state index in [1.165, 1.54) is 0 Å². The number of amides is 1. The molecule has 1 amide bonds. The van der Waals surface area contributed by atoms with Crippen molar-refractivity contribution in [3.8, 4) is 5.75 Å². The number of benzene rings is 1. The lowest BCUT2D eigenvalue weighted by Crippen LogP contribution is -2.41. The van der Waals surface area contributed by atoms with Crippen molar-refractivity contribution < 1.29 is 18.3 Å². The standard InChI is InChI=1S/C10H8F2INO2/c11-9(12)4-14-7-3-6(13)1-2-8(7)16-5-10(14)15/h1-3,9H,4-5H2. The molecule has 1 aliphatic rings. The van der Waals surface area contributed by atoms with Gasteiger partial charge in [0.25, 0.3) is 12.3 Å². The Labute approximate surface area is 105 Å². The van der Waals surface area contributed by atoms with E-state index in [1.807, 2.05) is 0 Å². The molecule has 2 rings (SSSR count). The highest BCUT2D eigenvalue weighted by Crippen LogP contribution is 2.33. The molecule has 1 heterocycles. The summed E-state index contributed by atoms with van der Waals surface area (Å²) in [4.78, 5) is 12.5. The lowest BCUT2D eigenvalue weighted by molar-refractivity contribution is -0.121. The predicted molar refractivity (Wildman–Crippen MR) is 63.0 cm³/mol. The second-order valence-electron chi connectivity index (χ2n) is 3.30. The largest absolute Gasteiger partial charge is 0.482 e. The van der Waals surface area contributed by atoms with Crippen molar-refractivity contribution >= 4 is 34.2 Å². The smallest absolute Gasteiger partial charge is 0.265 e. The Morgan fingerprint density at radius 2 is 2.25 bits per heavy atom. The van der Waals surface area contributed by atoms with Crippen LogP contribution in [0.4, 0.5) is 14.5 Å². The van der Waals surface area contributed by atoms with Crippen LogP contribution in [-0.2, 0) is 4.79 Å². The van der Waals surface area contributed by atoms with Gasteiger partial charge in [-0.2, -0.15) is 0 Å². The third-order valence-corrected chi connectivity index (χ3v) is 2.86. The van der Waals surface area contributed by atoms with E-state index in [9.17, 15) is 13.6 Å². The van der Waals surface area contributed by atoms with Crippen molar-refractivity contribution in [1.29, 1.82) is 0 Å². The third kappa shape index (κ3) is 2.26. The van der Waals surface area contributed by atoms with Crippen molar-refractivity contribution in [2.45, 2.75) is 6.43 Å². The summed E-state index contributed by atoms with van der Waals surface area (Å²) in [5.41, 5.74) is 0.420. The van der Waals surface area contributed by atoms with Gasteiger partial charge in [0.15, 0.2) is 6.61 Å². The summed E-state index contributed by atoms with van der Waals surface area (Å²) >= 11 is 2.06. The molecular weight excluding hydrogens is 331 g/mol. The number of hydrogen-bond acceptors (Lipinski definition) is 2. The van der Waals surface area contributed by atoms with Gasteiger partial charge in [0, 0.05) is 3.57 Å². The van der Waals surface area contributed by atoms with Crippen LogP contribution in [0, 0.1) is 3.57 Å². The lowest BCUT2D eigenvalue weighted by Gasteiger charge is -2.29. The molecule has 16 heavy (non-hydrogen) atoms. The summed E-state index contributed by atoms with van der Waals surface area (Å²) in [6.45, 7) is -0.768. The molecule has 1 aliphatic heterocycles. The fraction of sp³-hybridized carbons (Fsp3) is 0.300. The van der Waals surface area contributed by atoms with Crippen molar-refractivity contribution in [3.63, 3.8) is 0 Å². The van der Waals surface area contributed by atoms with E-state index in [-0.39, 0.29) is 6.61 Å². The molecule has 0 aliphatic carbocycles. The second-order valence-corrected chi connectivity index (χ2v) is 4.54. The van der Waals surface area contributed by atoms with E-state index in [0.717, 1.165) is 8.47 Å². The highest BCUT2D eigenvalue weighted by Gasteiger charge is 2.27. The summed E-state index contributed by atoms with van der Waals surface area (Å²) in [5, 5.41) is 0. The van der Waals surface area contributed by atoms with Crippen LogP contribution in [0.5, 0.6) is 5.75 Å². The van der Waals surface area contributed by atoms with E-state index in [0.29, 0.717) is 11.4 Å². The van der Waals surface area contributed by atoms with Crippen LogP contribution < -0.4 is 9.64 Å². The first-order chi connectivity index (χ1) is 7.58. The predicted octanol–water partition coefficient (Wildman–Crippen LogP) is 2.28. The van der Waals surface area contributed by atoms with Gasteiger partial charge in [-0.25, -0.2) is 8.78 Å². The first-order valence-electron chi connectivity index (χ1n) is 4.59. The zero-order valence-corrected chi connectivity index (χ0v) is 10.3. The Hall–Kier alpha value is -0.920. The molecule has 0 saturated heterocycles. The molecule has 6 heteroatoms. The zero-order chi connectivity index (χ0) is 11.7. The number of rotatable bonds is 2. The first kappa shape index (κ1) is 11.6. The van der Waals surface area contributed by atoms with E-state index in [4.69, 9.17) is 4.74 Å². The normalized spacial score (nSPS) is 15.0. The summed E-state index contributed by atoms with van der Waals surface area (Å²) in [6.07, 6.45) is -2.55. The second kappa shape index (κ2) is 4.52. The minimum atomic E-state index is -2.55. The SMILES string of the molecule is O=C1COc2ccc(I)cc2N1CC(F)F. The van der Waals surface area contributed by atoms with Crippen LogP contribution in [0.25, 0.3) is 0 Å². The maximum Gasteiger partial charge on any atom is 0.265 e. The van der Waals surface area contributed by atoms with Crippen molar-refractivity contribution in [2.75, 3.05) is 18.1 Å². The minimum Gasteiger partial charge on any atom is -0.482 e. The van der Waals surface area contributed by atoms with Gasteiger partial charge < -0.3 is 9.64 Å². The zero-order valence-electron chi connectivity index (χ0n) is 8.12. The Balaban J connectivity index is 2.38. The third-order valence-electron chi connectivity index (χ3n) is 2.18. The average molecular weight is 339 g/mol. The maximum absolute atomic E-state index is 12.4. The van der Waals surface area contributed by atoms with Crippen LogP contribution >= 0.6 is 22.6 Å². The Morgan fingerprint density at radius 1 is 1.50 bits per heavy atom. The van der Waals surface area contributed by atoms with E-state index < -0.39 is 18.9 Å². The molecule has 0 atom stereocenters. The van der Waals surface area contributed by atoms with E-state index in [1.54, 1.807) is 18.2 Å². The Bertz CT molecular complexity index is 425. The van der Waals surface area contributed by atoms with Crippen LogP contribution in [0.15, 0.2) is 18.2 Å². The monoisotopic (exact) mass is 339 g/mol. The first-order valence-corrected chi connectivity index (χ1v) is 5.66. The molecule has 0 spiro atoms. The van der Waals surface area contributed by atoms with Crippen LogP contribution in [0.3, 0.4) is 0 Å². The van der Waals surface area contributed by atoms with Gasteiger partial charge in [-0.1, -0.05) is 0 Å². The highest BCUT2D eigenvalue weighted by atomic mass is 127. The quantitative estimate of drug-likeness (QED) is 0.774. The number of anilines is 1. The van der Waals surface area contributed by atoms with Crippen molar-refractivity contribution in [2.24, 2.45) is 0 Å². The fourth-order valence-electron chi connectivity index (χ4n) is 1.51. The van der Waals surface area contributed by atoms with Gasteiger partial charge in [-0.05, 0) is 40.8 Å². The number of hydrogen-bond donors (Lipinski definition) is 0. The molecule has 0 bridgehead atoms. The molecule has 0 aromatic heterocycles. The number of carbonyl (C=O) groups is 1. The van der Waals surface area contributed by atoms with Crippen molar-refractivity contribution in [1.82, 2.24) is 0 Å². The average Bonchev–Trinajstić information content (AvgIpc) is 2.22. The molecular formula is C10H8F2INO2. The number of ether oxygens (including phenoxy) is 1. The Morgan fingerprint density at radius 3 is 2.94 bits per heavy atom. The topological polar surface area (TPSA) is 29.5 Å². The molecule has 0 saturated carbocycles. The lowest BCUT2D eigenvalue weighted by atomic mass is 10.2. The van der Waals surface area contributed by atoms with Crippen LogP contribution in [0.1, 0.15) is 0 Å². The number of carbonyl (C=O) groups excluding carboxylic acids is 1. The molecule has 0 radical (unpaired) electrons. The number of nitrogens with zero attached hydrogens (tertiary/aromatic N) is 1. The molecule has 0 fully saturated rings. The molecule has 1 aromatic carbocycles. The van der Waals surface area contributed by atoms with Gasteiger partial charge in [-0.15, -0.1) is 0 Å². The summed E-state index contributed by atoms with van der Waals surface area (Å²) in [5.74, 6) is 0.0375. The van der Waals surface area contributed by atoms with Crippen LogP contribution in [-0.4, -0.2) is 25.5 Å². The summed E-state index contributed by atoms with van der Waals surface area (Å²) in [6, 6.07) is 5.15. The number of halogens is 3. The van der Waals surface area contributed by atoms with E-state index >= 15 is 0 Å². The van der Waals surface area contributed by atoms with Gasteiger partial charge >= 0.3 is 0 Å². The number of alkyl halides is 2. The van der Waals surface area contributed by atoms with Crippen molar-refractivity contribution in [3.05, 3.63) is 21.8 Å². The van der Waals surface area contributed by atoms with Gasteiger partial charge in [0.1, 0.15) is 5.75 Å². The van der Waals surface area contributed by atoms with Gasteiger partial charge in [-0.3, -0.25) is 4.79 Å². The summed E-state index contributed by atoms with van der Waals surface area (Å²) in [7, 11) is 0. The number of fused-ring (bicyclic) bond motifs is 1. The maximum atomic E-state index is 12.4. The summed E-state index contributed by atoms with van der Waals surface area (Å²) < 4.78 is 30.7. The minimum absolute atomic E-state index is 0.180. The molecule has 86 valence electrons. The molecule has 3 nitrogen and oxygen atoms in total. The molecule has 0 unspecified atom stereocenters. The van der Waals surface area contributed by atoms with E-state index in [2.05, 4.69) is 22.6 Å². The van der Waals surface area contributed by atoms with Gasteiger partial charge in [0.05, 0.1) is 12.2 Å². The molecule has 1 aromatic rings. The van der Waals surface area contributed by atoms with Crippen LogP contribution in [0.2, 0.25) is 0 Å².